The molecule has 4 heteroatoms. The molecule has 0 atom stereocenters. The van der Waals surface area contributed by atoms with Crippen molar-refractivity contribution in [2.45, 2.75) is 26.3 Å². The lowest BCUT2D eigenvalue weighted by Crippen LogP contribution is -2.10. The molecule has 102 valence electrons. The molecule has 2 aromatic heterocycles. The molecule has 0 aliphatic carbocycles. The van der Waals surface area contributed by atoms with Gasteiger partial charge in [0.15, 0.2) is 5.76 Å². The van der Waals surface area contributed by atoms with Gasteiger partial charge in [-0.1, -0.05) is 19.1 Å². The Bertz CT molecular complexity index is 726. The van der Waals surface area contributed by atoms with E-state index in [1.165, 1.54) is 6.26 Å². The molecule has 0 N–H and O–H groups in total. The van der Waals surface area contributed by atoms with Gasteiger partial charge in [0, 0.05) is 6.54 Å². The van der Waals surface area contributed by atoms with Gasteiger partial charge in [0.25, 0.3) is 0 Å². The van der Waals surface area contributed by atoms with Gasteiger partial charge in [-0.15, -0.1) is 0 Å². The van der Waals surface area contributed by atoms with Crippen LogP contribution >= 0.6 is 0 Å². The molecule has 3 rings (SSSR count). The molecule has 2 heterocycles. The van der Waals surface area contributed by atoms with Gasteiger partial charge in [-0.25, -0.2) is 4.98 Å². The first-order valence-electron chi connectivity index (χ1n) is 6.80. The van der Waals surface area contributed by atoms with E-state index in [0.717, 1.165) is 29.8 Å². The van der Waals surface area contributed by atoms with Crippen LogP contribution in [0.15, 0.2) is 47.1 Å². The standard InChI is InChI=1S/C16H16N2O2/c1-2-9-18-13-7-4-3-6-12(13)17-16(18)11-14(19)15-8-5-10-20-15/h3-8,10H,2,9,11H2,1H3. The highest BCUT2D eigenvalue weighted by Crippen LogP contribution is 2.18. The van der Waals surface area contributed by atoms with Crippen LogP contribution in [-0.2, 0) is 13.0 Å². The summed E-state index contributed by atoms with van der Waals surface area (Å²) in [6, 6.07) is 11.4. The summed E-state index contributed by atoms with van der Waals surface area (Å²) in [5.41, 5.74) is 2.01. The van der Waals surface area contributed by atoms with Crippen molar-refractivity contribution in [2.75, 3.05) is 0 Å². The van der Waals surface area contributed by atoms with E-state index in [9.17, 15) is 4.79 Å². The lowest BCUT2D eigenvalue weighted by Gasteiger charge is -2.06. The minimum absolute atomic E-state index is 0.0392. The second-order valence-electron chi connectivity index (χ2n) is 4.75. The van der Waals surface area contributed by atoms with Gasteiger partial charge in [-0.3, -0.25) is 4.79 Å². The third-order valence-electron chi connectivity index (χ3n) is 3.30. The van der Waals surface area contributed by atoms with Crippen LogP contribution < -0.4 is 0 Å². The fraction of sp³-hybridized carbons (Fsp3) is 0.250. The highest BCUT2D eigenvalue weighted by molar-refractivity contribution is 5.95. The highest BCUT2D eigenvalue weighted by atomic mass is 16.3. The van der Waals surface area contributed by atoms with Crippen LogP contribution in [-0.4, -0.2) is 15.3 Å². The summed E-state index contributed by atoms with van der Waals surface area (Å²) in [5, 5.41) is 0. The number of benzene rings is 1. The number of carbonyl (C=O) groups excluding carboxylic acids is 1. The largest absolute Gasteiger partial charge is 0.461 e. The minimum Gasteiger partial charge on any atom is -0.461 e. The molecule has 0 unspecified atom stereocenters. The number of aromatic nitrogens is 2. The minimum atomic E-state index is -0.0392. The fourth-order valence-electron chi connectivity index (χ4n) is 2.40. The molecule has 4 nitrogen and oxygen atoms in total. The first kappa shape index (κ1) is 12.7. The molecule has 0 saturated carbocycles. The zero-order chi connectivity index (χ0) is 13.9. The topological polar surface area (TPSA) is 48.0 Å². The lowest BCUT2D eigenvalue weighted by molar-refractivity contribution is 0.0963. The Labute approximate surface area is 117 Å². The Balaban J connectivity index is 1.98. The van der Waals surface area contributed by atoms with Gasteiger partial charge < -0.3 is 8.98 Å². The zero-order valence-electron chi connectivity index (χ0n) is 11.4. The number of fused-ring (bicyclic) bond motifs is 1. The van der Waals surface area contributed by atoms with Crippen LogP contribution in [0.25, 0.3) is 11.0 Å². The first-order valence-corrected chi connectivity index (χ1v) is 6.80. The number of furan rings is 1. The van der Waals surface area contributed by atoms with Gasteiger partial charge in [-0.2, -0.15) is 0 Å². The zero-order valence-corrected chi connectivity index (χ0v) is 11.4. The van der Waals surface area contributed by atoms with E-state index in [1.807, 2.05) is 24.3 Å². The van der Waals surface area contributed by atoms with Gasteiger partial charge in [-0.05, 0) is 30.7 Å². The van der Waals surface area contributed by atoms with Crippen LogP contribution in [0.4, 0.5) is 0 Å². The third-order valence-corrected chi connectivity index (χ3v) is 3.30. The van der Waals surface area contributed by atoms with E-state index in [1.54, 1.807) is 12.1 Å². The molecule has 3 aromatic rings. The van der Waals surface area contributed by atoms with Gasteiger partial charge >= 0.3 is 0 Å². The number of Topliss-reactive ketones (excluding diaryl/α,β-unsaturated/α-hetero) is 1. The Morgan fingerprint density at radius 1 is 1.25 bits per heavy atom. The molecule has 0 radical (unpaired) electrons. The number of aryl methyl sites for hydroxylation is 1. The molecule has 0 fully saturated rings. The van der Waals surface area contributed by atoms with Crippen molar-refractivity contribution in [2.24, 2.45) is 0 Å². The van der Waals surface area contributed by atoms with Gasteiger partial charge in [0.05, 0.1) is 23.7 Å². The monoisotopic (exact) mass is 268 g/mol. The maximum atomic E-state index is 12.2. The average Bonchev–Trinajstić information content (AvgIpc) is 3.08. The summed E-state index contributed by atoms with van der Waals surface area (Å²) in [6.07, 6.45) is 2.78. The average molecular weight is 268 g/mol. The maximum absolute atomic E-state index is 12.2. The van der Waals surface area contributed by atoms with Crippen molar-refractivity contribution >= 4 is 16.8 Å². The highest BCUT2D eigenvalue weighted by Gasteiger charge is 2.16. The van der Waals surface area contributed by atoms with Crippen LogP contribution in [0.5, 0.6) is 0 Å². The summed E-state index contributed by atoms with van der Waals surface area (Å²) in [7, 11) is 0. The first-order chi connectivity index (χ1) is 9.79. The summed E-state index contributed by atoms with van der Waals surface area (Å²) in [6.45, 7) is 2.98. The van der Waals surface area contributed by atoms with Crippen molar-refractivity contribution in [1.29, 1.82) is 0 Å². The number of rotatable bonds is 5. The van der Waals surface area contributed by atoms with Gasteiger partial charge in [0.1, 0.15) is 5.82 Å². The van der Waals surface area contributed by atoms with E-state index in [0.29, 0.717) is 5.76 Å². The van der Waals surface area contributed by atoms with Gasteiger partial charge in [0.2, 0.25) is 5.78 Å². The summed E-state index contributed by atoms with van der Waals surface area (Å²) < 4.78 is 7.28. The van der Waals surface area contributed by atoms with E-state index in [2.05, 4.69) is 16.5 Å². The lowest BCUT2D eigenvalue weighted by atomic mass is 10.2. The van der Waals surface area contributed by atoms with E-state index in [-0.39, 0.29) is 12.2 Å². The van der Waals surface area contributed by atoms with Crippen LogP contribution in [0.2, 0.25) is 0 Å². The predicted molar refractivity (Wildman–Crippen MR) is 76.8 cm³/mol. The summed E-state index contributed by atoms with van der Waals surface area (Å²) in [4.78, 5) is 16.7. The Morgan fingerprint density at radius 2 is 2.10 bits per heavy atom. The molecule has 0 aliphatic heterocycles. The van der Waals surface area contributed by atoms with E-state index < -0.39 is 0 Å². The van der Waals surface area contributed by atoms with Crippen molar-refractivity contribution < 1.29 is 9.21 Å². The summed E-state index contributed by atoms with van der Waals surface area (Å²) in [5.74, 6) is 1.15. The fourth-order valence-corrected chi connectivity index (χ4v) is 2.40. The summed E-state index contributed by atoms with van der Waals surface area (Å²) >= 11 is 0. The number of hydrogen-bond acceptors (Lipinski definition) is 3. The number of hydrogen-bond donors (Lipinski definition) is 0. The number of para-hydroxylation sites is 2. The molecule has 0 amide bonds. The maximum Gasteiger partial charge on any atom is 0.205 e. The van der Waals surface area contributed by atoms with Crippen molar-refractivity contribution in [3.05, 3.63) is 54.2 Å². The Kier molecular flexibility index (Phi) is 3.37. The van der Waals surface area contributed by atoms with Crippen LogP contribution in [0, 0.1) is 0 Å². The molecular formula is C16H16N2O2. The van der Waals surface area contributed by atoms with E-state index in [4.69, 9.17) is 4.42 Å². The third kappa shape index (κ3) is 2.25. The van der Waals surface area contributed by atoms with Crippen molar-refractivity contribution in [3.63, 3.8) is 0 Å². The second-order valence-corrected chi connectivity index (χ2v) is 4.75. The molecule has 0 saturated heterocycles. The number of carbonyl (C=O) groups is 1. The molecule has 0 spiro atoms. The molecule has 1 aromatic carbocycles. The quantitative estimate of drug-likeness (QED) is 0.666. The smallest absolute Gasteiger partial charge is 0.205 e. The normalized spacial score (nSPS) is 11.1. The van der Waals surface area contributed by atoms with Crippen LogP contribution in [0.1, 0.15) is 29.7 Å². The molecule has 20 heavy (non-hydrogen) atoms. The SMILES string of the molecule is CCCn1c(CC(=O)c2ccco2)nc2ccccc21. The molecule has 0 bridgehead atoms. The van der Waals surface area contributed by atoms with E-state index >= 15 is 0 Å². The van der Waals surface area contributed by atoms with Crippen molar-refractivity contribution in [3.8, 4) is 0 Å². The number of ketones is 1. The Hall–Kier alpha value is -2.36. The number of nitrogens with zero attached hydrogens (tertiary/aromatic N) is 2. The molecule has 0 aliphatic rings. The Morgan fingerprint density at radius 3 is 2.85 bits per heavy atom. The predicted octanol–water partition coefficient (Wildman–Crippen LogP) is 3.46. The van der Waals surface area contributed by atoms with Crippen molar-refractivity contribution in [1.82, 2.24) is 9.55 Å². The molecular weight excluding hydrogens is 252 g/mol. The second kappa shape index (κ2) is 5.33. The number of imidazole rings is 1. The van der Waals surface area contributed by atoms with Crippen LogP contribution in [0.3, 0.4) is 0 Å².